The molecule has 1 aliphatic heterocycles. The van der Waals surface area contributed by atoms with Crippen LogP contribution in [0.4, 0.5) is 17.3 Å². The molecule has 0 radical (unpaired) electrons. The minimum atomic E-state index is 0.431. The number of nitrogen functional groups attached to an aromatic ring is 2. The van der Waals surface area contributed by atoms with Gasteiger partial charge in [0, 0.05) is 24.6 Å². The molecule has 0 aromatic carbocycles. The lowest BCUT2D eigenvalue weighted by Crippen LogP contribution is -2.33. The van der Waals surface area contributed by atoms with Crippen molar-refractivity contribution in [3.63, 3.8) is 0 Å². The smallest absolute Gasteiger partial charge is 0.149 e. The Labute approximate surface area is 87.7 Å². The summed E-state index contributed by atoms with van der Waals surface area (Å²) in [4.78, 5) is 6.51. The summed E-state index contributed by atoms with van der Waals surface area (Å²) in [6, 6.07) is 3.75. The Kier molecular flexibility index (Phi) is 2.67. The summed E-state index contributed by atoms with van der Waals surface area (Å²) in [5.41, 5.74) is 11.8. The van der Waals surface area contributed by atoms with Gasteiger partial charge in [0.2, 0.25) is 0 Å². The Morgan fingerprint density at radius 2 is 1.93 bits per heavy atom. The molecule has 0 bridgehead atoms. The van der Waals surface area contributed by atoms with Crippen LogP contribution in [0.3, 0.4) is 0 Å². The lowest BCUT2D eigenvalue weighted by atomic mass is 10.3. The molecule has 0 atom stereocenters. The summed E-state index contributed by atoms with van der Waals surface area (Å²) >= 11 is 1.98. The van der Waals surface area contributed by atoms with Gasteiger partial charge in [-0.25, -0.2) is 4.98 Å². The minimum absolute atomic E-state index is 0.431. The van der Waals surface area contributed by atoms with E-state index in [1.54, 1.807) is 0 Å². The fourth-order valence-corrected chi connectivity index (χ4v) is 2.35. The molecule has 1 aliphatic rings. The molecule has 5 heteroatoms. The molecular weight excluding hydrogens is 196 g/mol. The maximum Gasteiger partial charge on any atom is 0.149 e. The zero-order valence-corrected chi connectivity index (χ0v) is 8.76. The van der Waals surface area contributed by atoms with Crippen LogP contribution in [0, 0.1) is 0 Å². The highest BCUT2D eigenvalue weighted by Gasteiger charge is 2.12. The second-order valence-electron chi connectivity index (χ2n) is 3.24. The number of hydrogen-bond donors (Lipinski definition) is 2. The lowest BCUT2D eigenvalue weighted by molar-refractivity contribution is 0.841. The number of nitrogens with zero attached hydrogens (tertiary/aromatic N) is 2. The monoisotopic (exact) mass is 210 g/mol. The number of aromatic nitrogens is 1. The van der Waals surface area contributed by atoms with Crippen LogP contribution in [0.2, 0.25) is 0 Å². The summed E-state index contributed by atoms with van der Waals surface area (Å²) in [6.45, 7) is 2.09. The molecule has 0 aliphatic carbocycles. The molecule has 4 N–H and O–H groups in total. The Hall–Kier alpha value is -1.10. The molecule has 76 valence electrons. The molecule has 4 nitrogen and oxygen atoms in total. The van der Waals surface area contributed by atoms with E-state index in [-0.39, 0.29) is 0 Å². The van der Waals surface area contributed by atoms with Gasteiger partial charge in [0.05, 0.1) is 5.69 Å². The largest absolute Gasteiger partial charge is 0.396 e. The minimum Gasteiger partial charge on any atom is -0.396 e. The third kappa shape index (κ3) is 1.87. The van der Waals surface area contributed by atoms with E-state index < -0.39 is 0 Å². The van der Waals surface area contributed by atoms with E-state index in [0.29, 0.717) is 11.5 Å². The standard InChI is InChI=1S/C9H14N4S/c10-7-1-2-8(12-9(7)11)13-3-5-14-6-4-13/h1-2H,3-6,10H2,(H2,11,12). The Morgan fingerprint density at radius 3 is 2.57 bits per heavy atom. The topological polar surface area (TPSA) is 68.2 Å². The third-order valence-corrected chi connectivity index (χ3v) is 3.22. The van der Waals surface area contributed by atoms with Gasteiger partial charge in [-0.05, 0) is 12.1 Å². The quantitative estimate of drug-likeness (QED) is 0.717. The molecule has 1 fully saturated rings. The SMILES string of the molecule is Nc1ccc(N2CCSCC2)nc1N. The maximum absolute atomic E-state index is 5.66. The van der Waals surface area contributed by atoms with Gasteiger partial charge in [0.1, 0.15) is 11.6 Å². The first kappa shape index (κ1) is 9.45. The van der Waals surface area contributed by atoms with Crippen LogP contribution in [0.25, 0.3) is 0 Å². The van der Waals surface area contributed by atoms with Crippen LogP contribution >= 0.6 is 11.8 Å². The predicted molar refractivity (Wildman–Crippen MR) is 62.6 cm³/mol. The van der Waals surface area contributed by atoms with Crippen molar-refractivity contribution in [2.45, 2.75) is 0 Å². The lowest BCUT2D eigenvalue weighted by Gasteiger charge is -2.27. The van der Waals surface area contributed by atoms with Gasteiger partial charge >= 0.3 is 0 Å². The van der Waals surface area contributed by atoms with E-state index in [1.165, 1.54) is 0 Å². The highest BCUT2D eigenvalue weighted by Crippen LogP contribution is 2.21. The molecule has 2 rings (SSSR count). The molecule has 0 amide bonds. The van der Waals surface area contributed by atoms with Gasteiger partial charge in [0.15, 0.2) is 0 Å². The van der Waals surface area contributed by atoms with Crippen LogP contribution in [0.1, 0.15) is 0 Å². The normalized spacial score (nSPS) is 17.0. The van der Waals surface area contributed by atoms with Crippen molar-refractivity contribution >= 4 is 29.1 Å². The van der Waals surface area contributed by atoms with Crippen LogP contribution in [0.15, 0.2) is 12.1 Å². The first-order valence-electron chi connectivity index (χ1n) is 4.62. The van der Waals surface area contributed by atoms with Crippen molar-refractivity contribution < 1.29 is 0 Å². The second kappa shape index (κ2) is 3.96. The van der Waals surface area contributed by atoms with Gasteiger partial charge in [0.25, 0.3) is 0 Å². The molecule has 1 saturated heterocycles. The van der Waals surface area contributed by atoms with Crippen molar-refractivity contribution in [2.24, 2.45) is 0 Å². The van der Waals surface area contributed by atoms with Crippen molar-refractivity contribution in [2.75, 3.05) is 41.0 Å². The molecule has 2 heterocycles. The molecule has 0 saturated carbocycles. The average Bonchev–Trinajstić information content (AvgIpc) is 2.23. The number of nitrogens with two attached hydrogens (primary N) is 2. The maximum atomic E-state index is 5.66. The number of pyridine rings is 1. The number of rotatable bonds is 1. The fourth-order valence-electron chi connectivity index (χ4n) is 1.44. The zero-order chi connectivity index (χ0) is 9.97. The van der Waals surface area contributed by atoms with Gasteiger partial charge in [-0.15, -0.1) is 0 Å². The van der Waals surface area contributed by atoms with Gasteiger partial charge < -0.3 is 16.4 Å². The predicted octanol–water partition coefficient (Wildman–Crippen LogP) is 0.799. The Balaban J connectivity index is 2.18. The van der Waals surface area contributed by atoms with Crippen molar-refractivity contribution in [3.05, 3.63) is 12.1 Å². The molecular formula is C9H14N4S. The number of hydrogen-bond acceptors (Lipinski definition) is 5. The van der Waals surface area contributed by atoms with E-state index in [0.717, 1.165) is 30.4 Å². The van der Waals surface area contributed by atoms with Gasteiger partial charge in [-0.3, -0.25) is 0 Å². The molecule has 0 unspecified atom stereocenters. The van der Waals surface area contributed by atoms with E-state index in [9.17, 15) is 0 Å². The van der Waals surface area contributed by atoms with E-state index in [2.05, 4.69) is 9.88 Å². The van der Waals surface area contributed by atoms with Gasteiger partial charge in [-0.2, -0.15) is 11.8 Å². The second-order valence-corrected chi connectivity index (χ2v) is 4.47. The highest BCUT2D eigenvalue weighted by atomic mass is 32.2. The van der Waals surface area contributed by atoms with Gasteiger partial charge in [-0.1, -0.05) is 0 Å². The first-order chi connectivity index (χ1) is 6.77. The van der Waals surface area contributed by atoms with E-state index in [4.69, 9.17) is 11.5 Å². The van der Waals surface area contributed by atoms with E-state index >= 15 is 0 Å². The average molecular weight is 210 g/mol. The van der Waals surface area contributed by atoms with E-state index in [1.807, 2.05) is 23.9 Å². The first-order valence-corrected chi connectivity index (χ1v) is 5.77. The zero-order valence-electron chi connectivity index (χ0n) is 7.94. The van der Waals surface area contributed by atoms with Crippen molar-refractivity contribution in [3.8, 4) is 0 Å². The summed E-state index contributed by atoms with van der Waals surface area (Å²) in [5, 5.41) is 0. The summed E-state index contributed by atoms with van der Waals surface area (Å²) in [5.74, 6) is 3.69. The van der Waals surface area contributed by atoms with Crippen LogP contribution in [0.5, 0.6) is 0 Å². The van der Waals surface area contributed by atoms with Crippen molar-refractivity contribution in [1.29, 1.82) is 0 Å². The fraction of sp³-hybridized carbons (Fsp3) is 0.444. The molecule has 1 aromatic rings. The summed E-state index contributed by atoms with van der Waals surface area (Å²) in [6.07, 6.45) is 0. The van der Waals surface area contributed by atoms with Crippen molar-refractivity contribution in [1.82, 2.24) is 4.98 Å². The van der Waals surface area contributed by atoms with Crippen LogP contribution in [-0.4, -0.2) is 29.6 Å². The summed E-state index contributed by atoms with van der Waals surface area (Å²) in [7, 11) is 0. The van der Waals surface area contributed by atoms with Crippen LogP contribution in [-0.2, 0) is 0 Å². The van der Waals surface area contributed by atoms with Crippen LogP contribution < -0.4 is 16.4 Å². The molecule has 1 aromatic heterocycles. The Bertz CT molecular complexity index is 323. The highest BCUT2D eigenvalue weighted by molar-refractivity contribution is 7.99. The molecule has 0 spiro atoms. The third-order valence-electron chi connectivity index (χ3n) is 2.28. The molecule has 14 heavy (non-hydrogen) atoms. The summed E-state index contributed by atoms with van der Waals surface area (Å²) < 4.78 is 0. The number of thioether (sulfide) groups is 1. The Morgan fingerprint density at radius 1 is 1.21 bits per heavy atom. The number of anilines is 3.